The molecular weight excluding hydrogens is 298 g/mol. The van der Waals surface area contributed by atoms with Crippen LogP contribution >= 0.6 is 23.4 Å². The Balaban J connectivity index is 1.95. The Hall–Kier alpha value is -1.66. The van der Waals surface area contributed by atoms with Gasteiger partial charge in [0, 0.05) is 4.90 Å². The number of nitro groups is 1. The van der Waals surface area contributed by atoms with Crippen LogP contribution in [-0.2, 0) is 12.8 Å². The molecule has 0 bridgehead atoms. The highest BCUT2D eigenvalue weighted by Gasteiger charge is 2.19. The van der Waals surface area contributed by atoms with Gasteiger partial charge in [-0.2, -0.15) is 0 Å². The normalized spacial score (nSPS) is 13.2. The van der Waals surface area contributed by atoms with Gasteiger partial charge in [-0.15, -0.1) is 0 Å². The van der Waals surface area contributed by atoms with Crippen molar-refractivity contribution in [1.82, 2.24) is 9.97 Å². The van der Waals surface area contributed by atoms with E-state index in [1.165, 1.54) is 29.3 Å². The third-order valence-corrected chi connectivity index (χ3v) is 4.35. The highest BCUT2D eigenvalue weighted by molar-refractivity contribution is 7.99. The van der Waals surface area contributed by atoms with Gasteiger partial charge < -0.3 is 0 Å². The molecule has 5 nitrogen and oxygen atoms in total. The first-order valence-corrected chi connectivity index (χ1v) is 7.29. The van der Waals surface area contributed by atoms with E-state index in [0.717, 1.165) is 23.9 Å². The number of fused-ring (bicyclic) bond motifs is 1. The van der Waals surface area contributed by atoms with Crippen LogP contribution in [0.15, 0.2) is 34.3 Å². The van der Waals surface area contributed by atoms with E-state index in [-0.39, 0.29) is 16.0 Å². The van der Waals surface area contributed by atoms with Gasteiger partial charge in [0.05, 0.1) is 4.92 Å². The van der Waals surface area contributed by atoms with Crippen molar-refractivity contribution in [3.63, 3.8) is 0 Å². The molecule has 20 heavy (non-hydrogen) atoms. The number of hydrogen-bond acceptors (Lipinski definition) is 5. The lowest BCUT2D eigenvalue weighted by molar-refractivity contribution is -0.388. The van der Waals surface area contributed by atoms with Gasteiger partial charge >= 0.3 is 5.69 Å². The first-order valence-electron chi connectivity index (χ1n) is 6.10. The summed E-state index contributed by atoms with van der Waals surface area (Å²) in [5.74, 6) is 0. The van der Waals surface area contributed by atoms with Gasteiger partial charge in [-0.1, -0.05) is 17.8 Å². The summed E-state index contributed by atoms with van der Waals surface area (Å²) in [6.07, 6.45) is 4.49. The van der Waals surface area contributed by atoms with Crippen LogP contribution < -0.4 is 0 Å². The van der Waals surface area contributed by atoms with Crippen molar-refractivity contribution < 1.29 is 4.92 Å². The molecule has 3 rings (SSSR count). The van der Waals surface area contributed by atoms with E-state index < -0.39 is 4.92 Å². The predicted molar refractivity (Wildman–Crippen MR) is 76.3 cm³/mol. The fourth-order valence-electron chi connectivity index (χ4n) is 2.26. The van der Waals surface area contributed by atoms with E-state index in [0.29, 0.717) is 0 Å². The lowest BCUT2D eigenvalue weighted by Crippen LogP contribution is -1.96. The molecule has 0 radical (unpaired) electrons. The van der Waals surface area contributed by atoms with Crippen LogP contribution in [0.3, 0.4) is 0 Å². The molecule has 7 heteroatoms. The van der Waals surface area contributed by atoms with Crippen LogP contribution in [0.1, 0.15) is 17.5 Å². The summed E-state index contributed by atoms with van der Waals surface area (Å²) in [5.41, 5.74) is 2.56. The SMILES string of the molecule is O=[N+]([O-])c1cnc(Cl)nc1Sc1ccc2c(c1)CCC2. The van der Waals surface area contributed by atoms with E-state index in [9.17, 15) is 10.1 Å². The first kappa shape index (κ1) is 13.3. The molecule has 1 aliphatic rings. The fourth-order valence-corrected chi connectivity index (χ4v) is 3.37. The average Bonchev–Trinajstić information content (AvgIpc) is 2.85. The lowest BCUT2D eigenvalue weighted by Gasteiger charge is -2.05. The summed E-state index contributed by atoms with van der Waals surface area (Å²) in [4.78, 5) is 19.0. The van der Waals surface area contributed by atoms with Crippen molar-refractivity contribution in [2.75, 3.05) is 0 Å². The molecule has 0 amide bonds. The fraction of sp³-hybridized carbons (Fsp3) is 0.231. The van der Waals surface area contributed by atoms with Crippen molar-refractivity contribution in [2.24, 2.45) is 0 Å². The van der Waals surface area contributed by atoms with Crippen LogP contribution in [0.4, 0.5) is 5.69 Å². The number of nitrogens with zero attached hydrogens (tertiary/aromatic N) is 3. The minimum absolute atomic E-state index is 0.0132. The Kier molecular flexibility index (Phi) is 3.58. The van der Waals surface area contributed by atoms with Crippen LogP contribution in [-0.4, -0.2) is 14.9 Å². The molecule has 2 aromatic rings. The van der Waals surface area contributed by atoms with Gasteiger partial charge in [0.25, 0.3) is 0 Å². The Morgan fingerprint density at radius 1 is 1.30 bits per heavy atom. The van der Waals surface area contributed by atoms with Crippen LogP contribution in [0.25, 0.3) is 0 Å². The lowest BCUT2D eigenvalue weighted by atomic mass is 10.1. The second-order valence-electron chi connectivity index (χ2n) is 4.47. The molecule has 1 aliphatic carbocycles. The second-order valence-corrected chi connectivity index (χ2v) is 5.87. The molecule has 0 N–H and O–H groups in total. The van der Waals surface area contributed by atoms with E-state index in [1.54, 1.807) is 0 Å². The van der Waals surface area contributed by atoms with Gasteiger partial charge in [-0.3, -0.25) is 10.1 Å². The zero-order valence-electron chi connectivity index (χ0n) is 10.4. The molecular formula is C13H10ClN3O2S. The summed E-state index contributed by atoms with van der Waals surface area (Å²) in [5, 5.41) is 11.3. The molecule has 0 spiro atoms. The molecule has 0 saturated carbocycles. The molecule has 0 unspecified atom stereocenters. The minimum Gasteiger partial charge on any atom is -0.258 e. The van der Waals surface area contributed by atoms with Crippen LogP contribution in [0.5, 0.6) is 0 Å². The summed E-state index contributed by atoms with van der Waals surface area (Å²) in [7, 11) is 0. The number of rotatable bonds is 3. The topological polar surface area (TPSA) is 68.9 Å². The maximum absolute atomic E-state index is 11.0. The minimum atomic E-state index is -0.494. The van der Waals surface area contributed by atoms with Gasteiger partial charge in [0.15, 0.2) is 5.03 Å². The molecule has 0 aliphatic heterocycles. The Morgan fingerprint density at radius 2 is 2.10 bits per heavy atom. The number of aryl methyl sites for hydroxylation is 2. The molecule has 1 heterocycles. The van der Waals surface area contributed by atoms with Crippen molar-refractivity contribution in [1.29, 1.82) is 0 Å². The highest BCUT2D eigenvalue weighted by Crippen LogP contribution is 2.35. The molecule has 102 valence electrons. The van der Waals surface area contributed by atoms with Crippen LogP contribution in [0, 0.1) is 10.1 Å². The molecule has 0 atom stereocenters. The van der Waals surface area contributed by atoms with Crippen molar-refractivity contribution in [3.05, 3.63) is 50.9 Å². The summed E-state index contributed by atoms with van der Waals surface area (Å²) in [6.45, 7) is 0. The maximum Gasteiger partial charge on any atom is 0.319 e. The Morgan fingerprint density at radius 3 is 2.90 bits per heavy atom. The van der Waals surface area contributed by atoms with E-state index in [2.05, 4.69) is 22.1 Å². The summed E-state index contributed by atoms with van der Waals surface area (Å²) in [6, 6.07) is 6.13. The maximum atomic E-state index is 11.0. The van der Waals surface area contributed by atoms with Crippen molar-refractivity contribution in [3.8, 4) is 0 Å². The van der Waals surface area contributed by atoms with Gasteiger partial charge in [-0.25, -0.2) is 9.97 Å². The summed E-state index contributed by atoms with van der Waals surface area (Å²) >= 11 is 6.97. The van der Waals surface area contributed by atoms with E-state index >= 15 is 0 Å². The second kappa shape index (κ2) is 5.38. The smallest absolute Gasteiger partial charge is 0.258 e. The van der Waals surface area contributed by atoms with Crippen molar-refractivity contribution >= 4 is 29.1 Å². The van der Waals surface area contributed by atoms with Gasteiger partial charge in [-0.05, 0) is 54.1 Å². The molecule has 0 fully saturated rings. The zero-order chi connectivity index (χ0) is 14.1. The number of benzene rings is 1. The number of hydrogen-bond donors (Lipinski definition) is 0. The third kappa shape index (κ3) is 2.62. The van der Waals surface area contributed by atoms with Crippen molar-refractivity contribution in [2.45, 2.75) is 29.2 Å². The third-order valence-electron chi connectivity index (χ3n) is 3.19. The molecule has 1 aromatic carbocycles. The standard InChI is InChI=1S/C13H10ClN3O2S/c14-13-15-7-11(17(18)19)12(16-13)20-10-5-4-8-2-1-3-9(8)6-10/h4-7H,1-3H2. The molecule has 1 aromatic heterocycles. The largest absolute Gasteiger partial charge is 0.319 e. The molecule has 0 saturated heterocycles. The predicted octanol–water partition coefficient (Wildman–Crippen LogP) is 3.68. The quantitative estimate of drug-likeness (QED) is 0.374. The van der Waals surface area contributed by atoms with Gasteiger partial charge in [0.2, 0.25) is 5.28 Å². The van der Waals surface area contributed by atoms with Crippen LogP contribution in [0.2, 0.25) is 5.28 Å². The number of aromatic nitrogens is 2. The van der Waals surface area contributed by atoms with E-state index in [4.69, 9.17) is 11.6 Å². The zero-order valence-corrected chi connectivity index (χ0v) is 11.9. The highest BCUT2D eigenvalue weighted by atomic mass is 35.5. The monoisotopic (exact) mass is 307 g/mol. The number of halogens is 1. The Bertz CT molecular complexity index is 693. The first-order chi connectivity index (χ1) is 9.63. The summed E-state index contributed by atoms with van der Waals surface area (Å²) < 4.78 is 0. The van der Waals surface area contributed by atoms with E-state index in [1.807, 2.05) is 6.07 Å². The average molecular weight is 308 g/mol. The Labute approximate surface area is 124 Å². The van der Waals surface area contributed by atoms with Gasteiger partial charge in [0.1, 0.15) is 6.20 Å².